The SMILES string of the molecule is Cc1ccc(S(=O)(=O)NCCN=C(N)Nc2ccc3c(c2)CCC3)cc1.I. The molecule has 1 aliphatic rings. The van der Waals surface area contributed by atoms with Crippen molar-refractivity contribution < 1.29 is 8.42 Å². The lowest BCUT2D eigenvalue weighted by atomic mass is 10.1. The summed E-state index contributed by atoms with van der Waals surface area (Å²) in [4.78, 5) is 4.43. The maximum atomic E-state index is 12.2. The van der Waals surface area contributed by atoms with Gasteiger partial charge in [-0.3, -0.25) is 4.99 Å². The molecule has 0 aliphatic heterocycles. The topological polar surface area (TPSA) is 96.6 Å². The van der Waals surface area contributed by atoms with Crippen molar-refractivity contribution in [1.82, 2.24) is 4.72 Å². The smallest absolute Gasteiger partial charge is 0.240 e. The molecule has 4 N–H and O–H groups in total. The van der Waals surface area contributed by atoms with Crippen LogP contribution in [-0.2, 0) is 22.9 Å². The fourth-order valence-electron chi connectivity index (χ4n) is 2.99. The molecule has 2 aromatic rings. The standard InChI is InChI=1S/C19H24N4O2S.HI/c1-14-5-9-18(10-6-14)26(24,25)22-12-11-21-19(20)23-17-8-7-15-3-2-4-16(15)13-17;/h5-10,13,22H,2-4,11-12H2,1H3,(H3,20,21,23);1H. The molecule has 0 saturated carbocycles. The van der Waals surface area contributed by atoms with Crippen molar-refractivity contribution in [2.24, 2.45) is 10.7 Å². The van der Waals surface area contributed by atoms with E-state index in [1.165, 1.54) is 17.5 Å². The van der Waals surface area contributed by atoms with Crippen LogP contribution in [0.15, 0.2) is 52.4 Å². The second kappa shape index (κ2) is 9.52. The van der Waals surface area contributed by atoms with E-state index in [4.69, 9.17) is 5.73 Å². The molecule has 0 amide bonds. The van der Waals surface area contributed by atoms with Crippen molar-refractivity contribution in [3.8, 4) is 0 Å². The Kier molecular flexibility index (Phi) is 7.63. The second-order valence-electron chi connectivity index (χ2n) is 6.44. The molecule has 0 heterocycles. The Morgan fingerprint density at radius 2 is 1.81 bits per heavy atom. The largest absolute Gasteiger partial charge is 0.370 e. The van der Waals surface area contributed by atoms with Gasteiger partial charge in [0.1, 0.15) is 0 Å². The molecule has 0 unspecified atom stereocenters. The molecular formula is C19H25IN4O2S. The monoisotopic (exact) mass is 500 g/mol. The number of rotatable bonds is 6. The van der Waals surface area contributed by atoms with E-state index < -0.39 is 10.0 Å². The fourth-order valence-corrected chi connectivity index (χ4v) is 4.02. The van der Waals surface area contributed by atoms with Gasteiger partial charge in [0.15, 0.2) is 5.96 Å². The molecule has 0 atom stereocenters. The van der Waals surface area contributed by atoms with Crippen LogP contribution in [-0.4, -0.2) is 27.5 Å². The Labute approximate surface area is 177 Å². The van der Waals surface area contributed by atoms with Crippen LogP contribution in [0.4, 0.5) is 5.69 Å². The normalized spacial score (nSPS) is 13.7. The second-order valence-corrected chi connectivity index (χ2v) is 8.21. The van der Waals surface area contributed by atoms with Crippen LogP contribution in [0.1, 0.15) is 23.1 Å². The van der Waals surface area contributed by atoms with Crippen LogP contribution in [0.5, 0.6) is 0 Å². The third-order valence-corrected chi connectivity index (χ3v) is 5.87. The van der Waals surface area contributed by atoms with Gasteiger partial charge < -0.3 is 11.1 Å². The number of anilines is 1. The van der Waals surface area contributed by atoms with E-state index in [-0.39, 0.29) is 47.9 Å². The Balaban J connectivity index is 0.00000261. The van der Waals surface area contributed by atoms with E-state index in [0.717, 1.165) is 24.1 Å². The lowest BCUT2D eigenvalue weighted by Gasteiger charge is -2.09. The molecule has 0 bridgehead atoms. The Morgan fingerprint density at radius 3 is 2.56 bits per heavy atom. The van der Waals surface area contributed by atoms with Crippen molar-refractivity contribution in [2.45, 2.75) is 31.1 Å². The number of nitrogens with one attached hydrogen (secondary N) is 2. The predicted molar refractivity (Wildman–Crippen MR) is 120 cm³/mol. The number of sulfonamides is 1. The van der Waals surface area contributed by atoms with E-state index >= 15 is 0 Å². The molecule has 0 aromatic heterocycles. The van der Waals surface area contributed by atoms with Crippen molar-refractivity contribution >= 4 is 45.6 Å². The first-order valence-corrected chi connectivity index (χ1v) is 10.2. The maximum Gasteiger partial charge on any atom is 0.240 e. The number of fused-ring (bicyclic) bond motifs is 1. The van der Waals surface area contributed by atoms with Crippen molar-refractivity contribution in [1.29, 1.82) is 0 Å². The minimum Gasteiger partial charge on any atom is -0.370 e. The third kappa shape index (κ3) is 5.91. The number of guanidine groups is 1. The van der Waals surface area contributed by atoms with Gasteiger partial charge in [0.25, 0.3) is 0 Å². The first kappa shape index (κ1) is 21.6. The molecule has 2 aromatic carbocycles. The molecule has 6 nitrogen and oxygen atoms in total. The number of halogens is 1. The predicted octanol–water partition coefficient (Wildman–Crippen LogP) is 2.81. The lowest BCUT2D eigenvalue weighted by Crippen LogP contribution is -2.28. The summed E-state index contributed by atoms with van der Waals surface area (Å²) in [5.74, 6) is 0.275. The maximum absolute atomic E-state index is 12.2. The first-order chi connectivity index (χ1) is 12.4. The highest BCUT2D eigenvalue weighted by atomic mass is 127. The van der Waals surface area contributed by atoms with Gasteiger partial charge in [-0.15, -0.1) is 24.0 Å². The van der Waals surface area contributed by atoms with Crippen molar-refractivity contribution in [2.75, 3.05) is 18.4 Å². The van der Waals surface area contributed by atoms with Crippen LogP contribution in [0.25, 0.3) is 0 Å². The highest BCUT2D eigenvalue weighted by Crippen LogP contribution is 2.24. The molecule has 0 saturated heterocycles. The minimum atomic E-state index is -3.52. The number of nitrogens with zero attached hydrogens (tertiary/aromatic N) is 1. The molecule has 8 heteroatoms. The molecule has 1 aliphatic carbocycles. The lowest BCUT2D eigenvalue weighted by molar-refractivity contribution is 0.582. The third-order valence-electron chi connectivity index (χ3n) is 4.39. The zero-order chi connectivity index (χ0) is 18.6. The summed E-state index contributed by atoms with van der Waals surface area (Å²) in [6, 6.07) is 12.9. The summed E-state index contributed by atoms with van der Waals surface area (Å²) >= 11 is 0. The summed E-state index contributed by atoms with van der Waals surface area (Å²) in [5.41, 5.74) is 10.6. The van der Waals surface area contributed by atoms with Crippen LogP contribution < -0.4 is 15.8 Å². The van der Waals surface area contributed by atoms with Crippen LogP contribution in [0.3, 0.4) is 0 Å². The highest BCUT2D eigenvalue weighted by molar-refractivity contribution is 14.0. The molecular weight excluding hydrogens is 475 g/mol. The highest BCUT2D eigenvalue weighted by Gasteiger charge is 2.13. The molecule has 0 radical (unpaired) electrons. The quantitative estimate of drug-likeness (QED) is 0.246. The van der Waals surface area contributed by atoms with E-state index in [2.05, 4.69) is 27.2 Å². The van der Waals surface area contributed by atoms with Gasteiger partial charge in [-0.05, 0) is 61.6 Å². The van der Waals surface area contributed by atoms with E-state index in [1.54, 1.807) is 24.3 Å². The number of hydrogen-bond donors (Lipinski definition) is 3. The number of benzene rings is 2. The van der Waals surface area contributed by atoms with Crippen LogP contribution in [0, 0.1) is 6.92 Å². The summed E-state index contributed by atoms with van der Waals surface area (Å²) in [7, 11) is -3.52. The summed E-state index contributed by atoms with van der Waals surface area (Å²) in [5, 5.41) is 3.06. The molecule has 0 spiro atoms. The summed E-state index contributed by atoms with van der Waals surface area (Å²) in [6.45, 7) is 2.35. The molecule has 0 fully saturated rings. The van der Waals surface area contributed by atoms with Crippen LogP contribution >= 0.6 is 24.0 Å². The van der Waals surface area contributed by atoms with Crippen molar-refractivity contribution in [3.05, 3.63) is 59.2 Å². The number of aliphatic imine (C=N–C) groups is 1. The number of nitrogens with two attached hydrogens (primary N) is 1. The fraction of sp³-hybridized carbons (Fsp3) is 0.316. The Bertz CT molecular complexity index is 912. The van der Waals surface area contributed by atoms with Gasteiger partial charge in [-0.2, -0.15) is 0 Å². The van der Waals surface area contributed by atoms with E-state index in [9.17, 15) is 8.42 Å². The number of hydrogen-bond acceptors (Lipinski definition) is 3. The molecule has 27 heavy (non-hydrogen) atoms. The van der Waals surface area contributed by atoms with E-state index in [1.807, 2.05) is 13.0 Å². The average molecular weight is 500 g/mol. The van der Waals surface area contributed by atoms with Gasteiger partial charge in [0.05, 0.1) is 11.4 Å². The van der Waals surface area contributed by atoms with Gasteiger partial charge in [-0.1, -0.05) is 23.8 Å². The van der Waals surface area contributed by atoms with Crippen molar-refractivity contribution in [3.63, 3.8) is 0 Å². The Hall–Kier alpha value is -1.65. The summed E-state index contributed by atoms with van der Waals surface area (Å²) in [6.07, 6.45) is 3.44. The van der Waals surface area contributed by atoms with Gasteiger partial charge in [-0.25, -0.2) is 13.1 Å². The van der Waals surface area contributed by atoms with Gasteiger partial charge >= 0.3 is 0 Å². The first-order valence-electron chi connectivity index (χ1n) is 8.69. The van der Waals surface area contributed by atoms with Gasteiger partial charge in [0.2, 0.25) is 10.0 Å². The summed E-state index contributed by atoms with van der Waals surface area (Å²) < 4.78 is 26.9. The number of aryl methyl sites for hydroxylation is 3. The zero-order valence-electron chi connectivity index (χ0n) is 15.2. The van der Waals surface area contributed by atoms with Crippen LogP contribution in [0.2, 0.25) is 0 Å². The zero-order valence-corrected chi connectivity index (χ0v) is 18.4. The molecule has 3 rings (SSSR count). The Morgan fingerprint density at radius 1 is 1.11 bits per heavy atom. The van der Waals surface area contributed by atoms with E-state index in [0.29, 0.717) is 0 Å². The van der Waals surface area contributed by atoms with Gasteiger partial charge in [0, 0.05) is 12.2 Å². The average Bonchev–Trinajstić information content (AvgIpc) is 3.07. The minimum absolute atomic E-state index is 0. The molecule has 146 valence electrons.